The Labute approximate surface area is 148 Å². The standard InChI is InChI=1S/C18H16ClF2N3O/c1-23(2)16(25)10-24-9-14(19)17-15(24)7-13(8-22-17)11-4-3-5-12(6-11)18(20)21/h3-9,18H,10H2,1-2H3. The van der Waals surface area contributed by atoms with Crippen molar-refractivity contribution in [3.05, 3.63) is 53.3 Å². The predicted molar refractivity (Wildman–Crippen MR) is 93.8 cm³/mol. The van der Waals surface area contributed by atoms with Gasteiger partial charge in [0.2, 0.25) is 5.91 Å². The summed E-state index contributed by atoms with van der Waals surface area (Å²) in [5, 5.41) is 0.439. The maximum atomic E-state index is 12.9. The first-order valence-electron chi connectivity index (χ1n) is 7.60. The molecule has 1 amide bonds. The van der Waals surface area contributed by atoms with Crippen LogP contribution in [0.4, 0.5) is 8.78 Å². The molecule has 0 atom stereocenters. The van der Waals surface area contributed by atoms with Crippen molar-refractivity contribution in [1.82, 2.24) is 14.5 Å². The molecule has 0 fully saturated rings. The molecule has 0 aliphatic carbocycles. The number of rotatable bonds is 4. The number of alkyl halides is 2. The quantitative estimate of drug-likeness (QED) is 0.689. The third-order valence-electron chi connectivity index (χ3n) is 3.95. The number of fused-ring (bicyclic) bond motifs is 1. The lowest BCUT2D eigenvalue weighted by Gasteiger charge is -2.12. The van der Waals surface area contributed by atoms with Gasteiger partial charge >= 0.3 is 0 Å². The van der Waals surface area contributed by atoms with E-state index in [1.165, 1.54) is 17.0 Å². The molecule has 130 valence electrons. The number of halogens is 3. The topological polar surface area (TPSA) is 38.1 Å². The van der Waals surface area contributed by atoms with Gasteiger partial charge in [-0.15, -0.1) is 0 Å². The van der Waals surface area contributed by atoms with E-state index in [0.717, 1.165) is 0 Å². The molecule has 0 saturated carbocycles. The second-order valence-electron chi connectivity index (χ2n) is 5.91. The molecule has 2 aromatic heterocycles. The minimum atomic E-state index is -2.53. The molecule has 0 spiro atoms. The first-order chi connectivity index (χ1) is 11.9. The summed E-state index contributed by atoms with van der Waals surface area (Å²) in [6, 6.07) is 7.96. The lowest BCUT2D eigenvalue weighted by Crippen LogP contribution is -2.25. The van der Waals surface area contributed by atoms with Crippen LogP contribution in [0.5, 0.6) is 0 Å². The highest BCUT2D eigenvalue weighted by atomic mass is 35.5. The first-order valence-corrected chi connectivity index (χ1v) is 7.97. The van der Waals surface area contributed by atoms with Crippen molar-refractivity contribution in [2.75, 3.05) is 14.1 Å². The molecule has 1 aromatic carbocycles. The summed E-state index contributed by atoms with van der Waals surface area (Å²) in [6.07, 6.45) is 0.712. The third-order valence-corrected chi connectivity index (χ3v) is 4.23. The minimum Gasteiger partial charge on any atom is -0.347 e. The van der Waals surface area contributed by atoms with E-state index in [2.05, 4.69) is 4.98 Å². The van der Waals surface area contributed by atoms with Crippen LogP contribution in [0.3, 0.4) is 0 Å². The molecule has 0 unspecified atom stereocenters. The summed E-state index contributed by atoms with van der Waals surface area (Å²) in [5.74, 6) is -0.0846. The zero-order valence-electron chi connectivity index (χ0n) is 13.7. The number of likely N-dealkylation sites (N-methyl/N-ethyl adjacent to an activating group) is 1. The van der Waals surface area contributed by atoms with Crippen LogP contribution < -0.4 is 0 Å². The Bertz CT molecular complexity index is 937. The molecule has 7 heteroatoms. The predicted octanol–water partition coefficient (Wildman–Crippen LogP) is 4.38. The number of carbonyl (C=O) groups is 1. The van der Waals surface area contributed by atoms with E-state index in [1.807, 2.05) is 6.07 Å². The molecule has 0 radical (unpaired) electrons. The Morgan fingerprint density at radius 2 is 2.04 bits per heavy atom. The van der Waals surface area contributed by atoms with Crippen LogP contribution in [0.25, 0.3) is 22.2 Å². The third kappa shape index (κ3) is 3.49. The van der Waals surface area contributed by atoms with Gasteiger partial charge in [0.25, 0.3) is 6.43 Å². The number of carbonyl (C=O) groups excluding carboxylic acids is 1. The fourth-order valence-corrected chi connectivity index (χ4v) is 2.82. The molecule has 3 aromatic rings. The maximum Gasteiger partial charge on any atom is 0.263 e. The number of pyridine rings is 1. The number of nitrogens with zero attached hydrogens (tertiary/aromatic N) is 3. The van der Waals surface area contributed by atoms with E-state index < -0.39 is 6.43 Å². The van der Waals surface area contributed by atoms with Crippen molar-refractivity contribution in [3.63, 3.8) is 0 Å². The molecule has 0 aliphatic rings. The molecule has 0 bridgehead atoms. The molecular weight excluding hydrogens is 348 g/mol. The van der Waals surface area contributed by atoms with Crippen LogP contribution in [0, 0.1) is 0 Å². The van der Waals surface area contributed by atoms with E-state index in [9.17, 15) is 13.6 Å². The Balaban J connectivity index is 2.07. The van der Waals surface area contributed by atoms with Crippen LogP contribution in [0.2, 0.25) is 5.02 Å². The second-order valence-corrected chi connectivity index (χ2v) is 6.32. The maximum absolute atomic E-state index is 12.9. The second kappa shape index (κ2) is 6.80. The average Bonchev–Trinajstić information content (AvgIpc) is 2.90. The lowest BCUT2D eigenvalue weighted by atomic mass is 10.0. The van der Waals surface area contributed by atoms with Gasteiger partial charge in [0.05, 0.1) is 10.5 Å². The first kappa shape index (κ1) is 17.4. The number of hydrogen-bond acceptors (Lipinski definition) is 2. The van der Waals surface area contributed by atoms with Gasteiger partial charge in [-0.3, -0.25) is 9.78 Å². The number of amides is 1. The number of hydrogen-bond donors (Lipinski definition) is 0. The van der Waals surface area contributed by atoms with E-state index >= 15 is 0 Å². The molecule has 4 nitrogen and oxygen atoms in total. The highest BCUT2D eigenvalue weighted by Gasteiger charge is 2.14. The van der Waals surface area contributed by atoms with E-state index in [4.69, 9.17) is 11.6 Å². The molecule has 0 saturated heterocycles. The normalized spacial score (nSPS) is 11.3. The van der Waals surface area contributed by atoms with Gasteiger partial charge in [-0.1, -0.05) is 29.8 Å². The highest BCUT2D eigenvalue weighted by molar-refractivity contribution is 6.35. The van der Waals surface area contributed by atoms with Crippen molar-refractivity contribution in [3.8, 4) is 11.1 Å². The Morgan fingerprint density at radius 3 is 2.72 bits per heavy atom. The molecule has 25 heavy (non-hydrogen) atoms. The summed E-state index contributed by atoms with van der Waals surface area (Å²) < 4.78 is 27.6. The van der Waals surface area contributed by atoms with Crippen molar-refractivity contribution in [2.45, 2.75) is 13.0 Å². The van der Waals surface area contributed by atoms with Gasteiger partial charge in [-0.25, -0.2) is 8.78 Å². The van der Waals surface area contributed by atoms with E-state index in [1.54, 1.807) is 43.2 Å². The average molecular weight is 364 g/mol. The van der Waals surface area contributed by atoms with Crippen molar-refractivity contribution < 1.29 is 13.6 Å². The number of benzene rings is 1. The van der Waals surface area contributed by atoms with E-state index in [0.29, 0.717) is 27.2 Å². The minimum absolute atomic E-state index is 0.0474. The van der Waals surface area contributed by atoms with Crippen LogP contribution in [0.15, 0.2) is 42.7 Å². The molecule has 2 heterocycles. The largest absolute Gasteiger partial charge is 0.347 e. The molecule has 0 N–H and O–H groups in total. The van der Waals surface area contributed by atoms with E-state index in [-0.39, 0.29) is 18.0 Å². The molecular formula is C18H16ClF2N3O. The van der Waals surface area contributed by atoms with Crippen LogP contribution in [-0.4, -0.2) is 34.5 Å². The van der Waals surface area contributed by atoms with Crippen LogP contribution in [-0.2, 0) is 11.3 Å². The van der Waals surface area contributed by atoms with Gasteiger partial charge in [0, 0.05) is 37.6 Å². The van der Waals surface area contributed by atoms with Crippen molar-refractivity contribution in [2.24, 2.45) is 0 Å². The smallest absolute Gasteiger partial charge is 0.263 e. The van der Waals surface area contributed by atoms with Gasteiger partial charge in [-0.05, 0) is 17.7 Å². The summed E-state index contributed by atoms with van der Waals surface area (Å²) >= 11 is 6.20. The summed E-state index contributed by atoms with van der Waals surface area (Å²) in [7, 11) is 3.35. The summed E-state index contributed by atoms with van der Waals surface area (Å²) in [4.78, 5) is 17.8. The Kier molecular flexibility index (Phi) is 4.72. The van der Waals surface area contributed by atoms with Gasteiger partial charge in [0.15, 0.2) is 0 Å². The lowest BCUT2D eigenvalue weighted by molar-refractivity contribution is -0.129. The Morgan fingerprint density at radius 1 is 1.28 bits per heavy atom. The van der Waals surface area contributed by atoms with Crippen LogP contribution >= 0.6 is 11.6 Å². The fourth-order valence-electron chi connectivity index (χ4n) is 2.55. The zero-order valence-corrected chi connectivity index (χ0v) is 14.5. The Hall–Kier alpha value is -2.47. The van der Waals surface area contributed by atoms with Crippen LogP contribution in [0.1, 0.15) is 12.0 Å². The zero-order chi connectivity index (χ0) is 18.1. The highest BCUT2D eigenvalue weighted by Crippen LogP contribution is 2.30. The van der Waals surface area contributed by atoms with Crippen molar-refractivity contribution >= 4 is 28.5 Å². The van der Waals surface area contributed by atoms with Gasteiger partial charge in [-0.2, -0.15) is 0 Å². The van der Waals surface area contributed by atoms with Gasteiger partial charge in [0.1, 0.15) is 12.1 Å². The fraction of sp³-hybridized carbons (Fsp3) is 0.222. The summed E-state index contributed by atoms with van der Waals surface area (Å²) in [5.41, 5.74) is 2.52. The number of aromatic nitrogens is 2. The van der Waals surface area contributed by atoms with Crippen molar-refractivity contribution in [1.29, 1.82) is 0 Å². The summed E-state index contributed by atoms with van der Waals surface area (Å²) in [6.45, 7) is 0.123. The molecule has 3 rings (SSSR count). The molecule has 0 aliphatic heterocycles. The van der Waals surface area contributed by atoms with Gasteiger partial charge < -0.3 is 9.47 Å². The SMILES string of the molecule is CN(C)C(=O)Cn1cc(Cl)c2ncc(-c3cccc(C(F)F)c3)cc21. The monoisotopic (exact) mass is 363 g/mol.